The molecule has 3 nitrogen and oxygen atoms in total. The molecule has 1 amide bonds. The van der Waals surface area contributed by atoms with Crippen LogP contribution in [0.2, 0.25) is 0 Å². The molecule has 0 N–H and O–H groups in total. The number of aryl methyl sites for hydroxylation is 1. The standard InChI is InChI=1S/C21H24FNO2/c1-16-10-12-19(13-11-16)23(20-9-5-8-18(22)14-20)21(24)25-15-17-6-3-2-4-7-17/h5,8-14,17H,2-4,6-7,15H2,1H3. The number of nitrogens with zero attached hydrogens (tertiary/aromatic N) is 1. The highest BCUT2D eigenvalue weighted by Crippen LogP contribution is 2.29. The number of carbonyl (C=O) groups excluding carboxylic acids is 1. The summed E-state index contributed by atoms with van der Waals surface area (Å²) in [5.41, 5.74) is 2.24. The molecule has 0 heterocycles. The van der Waals surface area contributed by atoms with Crippen LogP contribution < -0.4 is 4.90 Å². The lowest BCUT2D eigenvalue weighted by molar-refractivity contribution is 0.124. The topological polar surface area (TPSA) is 29.5 Å². The first-order valence-corrected chi connectivity index (χ1v) is 8.92. The molecule has 0 saturated heterocycles. The van der Waals surface area contributed by atoms with Crippen molar-refractivity contribution < 1.29 is 13.9 Å². The number of halogens is 1. The molecule has 3 rings (SSSR count). The summed E-state index contributed by atoms with van der Waals surface area (Å²) in [6.07, 6.45) is 5.43. The number of ether oxygens (including phenoxy) is 1. The summed E-state index contributed by atoms with van der Waals surface area (Å²) in [6.45, 7) is 2.41. The quantitative estimate of drug-likeness (QED) is 0.683. The van der Waals surface area contributed by atoms with Gasteiger partial charge in [0.05, 0.1) is 18.0 Å². The maximum Gasteiger partial charge on any atom is 0.418 e. The van der Waals surface area contributed by atoms with Crippen LogP contribution >= 0.6 is 0 Å². The molecule has 0 bridgehead atoms. The van der Waals surface area contributed by atoms with Gasteiger partial charge in [-0.1, -0.05) is 43.0 Å². The first kappa shape index (κ1) is 17.5. The minimum atomic E-state index is -0.458. The highest BCUT2D eigenvalue weighted by molar-refractivity contribution is 5.96. The van der Waals surface area contributed by atoms with Crippen molar-refractivity contribution in [3.63, 3.8) is 0 Å². The Labute approximate surface area is 148 Å². The van der Waals surface area contributed by atoms with Gasteiger partial charge in [0, 0.05) is 0 Å². The fourth-order valence-electron chi connectivity index (χ4n) is 3.28. The first-order valence-electron chi connectivity index (χ1n) is 8.92. The highest BCUT2D eigenvalue weighted by atomic mass is 19.1. The molecule has 4 heteroatoms. The molecule has 2 aromatic rings. The van der Waals surface area contributed by atoms with Crippen LogP contribution in [0.1, 0.15) is 37.7 Å². The van der Waals surface area contributed by atoms with E-state index in [1.807, 2.05) is 31.2 Å². The molecular formula is C21H24FNO2. The van der Waals surface area contributed by atoms with Crippen molar-refractivity contribution in [1.29, 1.82) is 0 Å². The van der Waals surface area contributed by atoms with Gasteiger partial charge in [0.2, 0.25) is 0 Å². The Morgan fingerprint density at radius 1 is 1.08 bits per heavy atom. The zero-order valence-corrected chi connectivity index (χ0v) is 14.6. The zero-order chi connectivity index (χ0) is 17.6. The number of anilines is 2. The lowest BCUT2D eigenvalue weighted by atomic mass is 9.90. The summed E-state index contributed by atoms with van der Waals surface area (Å²) in [6, 6.07) is 13.6. The Kier molecular flexibility index (Phi) is 5.69. The molecule has 0 atom stereocenters. The number of carbonyl (C=O) groups is 1. The smallest absolute Gasteiger partial charge is 0.418 e. The predicted molar refractivity (Wildman–Crippen MR) is 97.6 cm³/mol. The van der Waals surface area contributed by atoms with E-state index in [-0.39, 0.29) is 5.82 Å². The van der Waals surface area contributed by atoms with Gasteiger partial charge in [0.1, 0.15) is 5.82 Å². The third-order valence-corrected chi connectivity index (χ3v) is 4.71. The van der Waals surface area contributed by atoms with Crippen LogP contribution in [-0.4, -0.2) is 12.7 Å². The third-order valence-electron chi connectivity index (χ3n) is 4.71. The summed E-state index contributed by atoms with van der Waals surface area (Å²) in [4.78, 5) is 14.2. The number of rotatable bonds is 4. The summed E-state index contributed by atoms with van der Waals surface area (Å²) < 4.78 is 19.3. The van der Waals surface area contributed by atoms with Crippen LogP contribution in [0.3, 0.4) is 0 Å². The van der Waals surface area contributed by atoms with E-state index < -0.39 is 6.09 Å². The molecule has 0 aliphatic heterocycles. The van der Waals surface area contributed by atoms with Crippen LogP contribution in [-0.2, 0) is 4.74 Å². The maximum absolute atomic E-state index is 13.7. The Hall–Kier alpha value is -2.36. The monoisotopic (exact) mass is 341 g/mol. The second kappa shape index (κ2) is 8.15. The van der Waals surface area contributed by atoms with Gasteiger partial charge in [-0.05, 0) is 56.0 Å². The zero-order valence-electron chi connectivity index (χ0n) is 14.6. The molecule has 1 fully saturated rings. The summed E-state index contributed by atoms with van der Waals surface area (Å²) >= 11 is 0. The fourth-order valence-corrected chi connectivity index (χ4v) is 3.28. The molecule has 25 heavy (non-hydrogen) atoms. The van der Waals surface area contributed by atoms with E-state index in [2.05, 4.69) is 0 Å². The van der Waals surface area contributed by atoms with Gasteiger partial charge in [-0.3, -0.25) is 0 Å². The Bertz CT molecular complexity index is 708. The average Bonchev–Trinajstić information content (AvgIpc) is 2.63. The number of hydrogen-bond acceptors (Lipinski definition) is 2. The van der Waals surface area contributed by atoms with E-state index in [1.165, 1.54) is 36.3 Å². The van der Waals surface area contributed by atoms with Crippen LogP contribution in [0.25, 0.3) is 0 Å². The van der Waals surface area contributed by atoms with Crippen molar-refractivity contribution in [3.8, 4) is 0 Å². The SMILES string of the molecule is Cc1ccc(N(C(=O)OCC2CCCCC2)c2cccc(F)c2)cc1. The molecule has 132 valence electrons. The van der Waals surface area contributed by atoms with Crippen molar-refractivity contribution in [2.24, 2.45) is 5.92 Å². The first-order chi connectivity index (χ1) is 12.1. The van der Waals surface area contributed by atoms with Gasteiger partial charge in [-0.2, -0.15) is 0 Å². The second-order valence-corrected chi connectivity index (χ2v) is 6.73. The minimum absolute atomic E-state index is 0.380. The molecule has 1 saturated carbocycles. The van der Waals surface area contributed by atoms with Crippen LogP contribution in [0.15, 0.2) is 48.5 Å². The Morgan fingerprint density at radius 2 is 1.80 bits per heavy atom. The van der Waals surface area contributed by atoms with E-state index in [4.69, 9.17) is 4.74 Å². The summed E-state index contributed by atoms with van der Waals surface area (Å²) in [5, 5.41) is 0. The average molecular weight is 341 g/mol. The van der Waals surface area contributed by atoms with Crippen molar-refractivity contribution in [2.75, 3.05) is 11.5 Å². The molecule has 0 radical (unpaired) electrons. The predicted octanol–water partition coefficient (Wildman–Crippen LogP) is 5.99. The lowest BCUT2D eigenvalue weighted by Crippen LogP contribution is -2.29. The van der Waals surface area contributed by atoms with Gasteiger partial charge < -0.3 is 4.74 Å². The van der Waals surface area contributed by atoms with E-state index in [9.17, 15) is 9.18 Å². The van der Waals surface area contributed by atoms with Gasteiger partial charge in [-0.15, -0.1) is 0 Å². The summed E-state index contributed by atoms with van der Waals surface area (Å²) in [5.74, 6) is 0.0553. The number of benzene rings is 2. The van der Waals surface area contributed by atoms with Crippen LogP contribution in [0, 0.1) is 18.7 Å². The lowest BCUT2D eigenvalue weighted by Gasteiger charge is -2.25. The molecule has 2 aromatic carbocycles. The Morgan fingerprint density at radius 3 is 2.48 bits per heavy atom. The second-order valence-electron chi connectivity index (χ2n) is 6.73. The summed E-state index contributed by atoms with van der Waals surface area (Å²) in [7, 11) is 0. The van der Waals surface area contributed by atoms with E-state index in [0.717, 1.165) is 18.4 Å². The van der Waals surface area contributed by atoms with E-state index in [0.29, 0.717) is 23.9 Å². The highest BCUT2D eigenvalue weighted by Gasteiger charge is 2.22. The fraction of sp³-hybridized carbons (Fsp3) is 0.381. The van der Waals surface area contributed by atoms with Crippen LogP contribution in [0.4, 0.5) is 20.6 Å². The molecular weight excluding hydrogens is 317 g/mol. The van der Waals surface area contributed by atoms with Gasteiger partial charge in [0.15, 0.2) is 0 Å². The number of hydrogen-bond donors (Lipinski definition) is 0. The largest absolute Gasteiger partial charge is 0.449 e. The minimum Gasteiger partial charge on any atom is -0.449 e. The van der Waals surface area contributed by atoms with Gasteiger partial charge in [0.25, 0.3) is 0 Å². The van der Waals surface area contributed by atoms with Crippen molar-refractivity contribution >= 4 is 17.5 Å². The van der Waals surface area contributed by atoms with Crippen molar-refractivity contribution in [3.05, 3.63) is 59.9 Å². The molecule has 1 aliphatic rings. The van der Waals surface area contributed by atoms with Gasteiger partial charge in [-0.25, -0.2) is 14.1 Å². The number of amides is 1. The van der Waals surface area contributed by atoms with Crippen molar-refractivity contribution in [2.45, 2.75) is 39.0 Å². The van der Waals surface area contributed by atoms with Gasteiger partial charge >= 0.3 is 6.09 Å². The van der Waals surface area contributed by atoms with Crippen molar-refractivity contribution in [1.82, 2.24) is 0 Å². The maximum atomic E-state index is 13.7. The normalized spacial score (nSPS) is 15.0. The van der Waals surface area contributed by atoms with E-state index >= 15 is 0 Å². The molecule has 0 spiro atoms. The molecule has 1 aliphatic carbocycles. The molecule has 0 unspecified atom stereocenters. The third kappa shape index (κ3) is 4.59. The Balaban J connectivity index is 1.80. The van der Waals surface area contributed by atoms with Crippen LogP contribution in [0.5, 0.6) is 0 Å². The molecule has 0 aromatic heterocycles. The van der Waals surface area contributed by atoms with E-state index in [1.54, 1.807) is 12.1 Å².